The molecule has 1 unspecified atom stereocenters. The lowest BCUT2D eigenvalue weighted by Crippen LogP contribution is -2.21. The molecule has 22 heavy (non-hydrogen) atoms. The molecule has 1 aromatic heterocycles. The second-order valence-electron chi connectivity index (χ2n) is 5.72. The third-order valence-corrected chi connectivity index (χ3v) is 5.83. The summed E-state index contributed by atoms with van der Waals surface area (Å²) in [7, 11) is 0.472. The van der Waals surface area contributed by atoms with E-state index in [1.165, 1.54) is 0 Å². The highest BCUT2D eigenvalue weighted by molar-refractivity contribution is 7.91. The van der Waals surface area contributed by atoms with Gasteiger partial charge in [-0.25, -0.2) is 8.42 Å². The Morgan fingerprint density at radius 3 is 2.18 bits per heavy atom. The molecule has 0 saturated carbocycles. The summed E-state index contributed by atoms with van der Waals surface area (Å²) in [5.74, 6) is 0. The van der Waals surface area contributed by atoms with Crippen LogP contribution >= 0.6 is 0 Å². The molecular weight excluding hydrogens is 296 g/mol. The van der Waals surface area contributed by atoms with Gasteiger partial charge in [-0.15, -0.1) is 0 Å². The van der Waals surface area contributed by atoms with Crippen molar-refractivity contribution in [1.82, 2.24) is 9.88 Å². The van der Waals surface area contributed by atoms with Crippen LogP contribution < -0.4 is 0 Å². The highest BCUT2D eigenvalue weighted by atomic mass is 32.2. The van der Waals surface area contributed by atoms with Crippen LogP contribution in [0.1, 0.15) is 22.8 Å². The Morgan fingerprint density at radius 2 is 1.64 bits per heavy atom. The first-order chi connectivity index (χ1) is 10.4. The van der Waals surface area contributed by atoms with Crippen molar-refractivity contribution in [3.05, 3.63) is 59.9 Å². The van der Waals surface area contributed by atoms with E-state index in [-0.39, 0.29) is 0 Å². The first-order valence-electron chi connectivity index (χ1n) is 7.26. The van der Waals surface area contributed by atoms with Crippen molar-refractivity contribution >= 4 is 9.84 Å². The van der Waals surface area contributed by atoms with Crippen molar-refractivity contribution in [2.24, 2.45) is 0 Å². The molecule has 1 heterocycles. The van der Waals surface area contributed by atoms with Gasteiger partial charge in [0.05, 0.1) is 10.1 Å². The Balaban J connectivity index is 2.41. The molecule has 1 atom stereocenters. The number of sulfone groups is 1. The van der Waals surface area contributed by atoms with Gasteiger partial charge in [0.25, 0.3) is 0 Å². The summed E-state index contributed by atoms with van der Waals surface area (Å²) in [6, 6.07) is 10.6. The normalized spacial score (nSPS) is 13.3. The van der Waals surface area contributed by atoms with Crippen molar-refractivity contribution in [1.29, 1.82) is 0 Å². The molecular formula is C17H22N2O2S. The van der Waals surface area contributed by atoms with Crippen LogP contribution in [-0.4, -0.2) is 38.9 Å². The van der Waals surface area contributed by atoms with Crippen LogP contribution in [0.15, 0.2) is 53.7 Å². The zero-order valence-electron chi connectivity index (χ0n) is 13.2. The average Bonchev–Trinajstić information content (AvgIpc) is 2.48. The maximum atomic E-state index is 13.0. The van der Waals surface area contributed by atoms with Gasteiger partial charge in [0.1, 0.15) is 0 Å². The summed E-state index contributed by atoms with van der Waals surface area (Å²) in [6.45, 7) is 2.65. The van der Waals surface area contributed by atoms with Gasteiger partial charge in [-0.3, -0.25) is 4.98 Å². The third-order valence-electron chi connectivity index (χ3n) is 3.64. The zero-order valence-corrected chi connectivity index (χ0v) is 14.0. The summed E-state index contributed by atoms with van der Waals surface area (Å²) < 4.78 is 26.0. The molecule has 5 heteroatoms. The summed E-state index contributed by atoms with van der Waals surface area (Å²) in [4.78, 5) is 6.36. The maximum Gasteiger partial charge on any atom is 0.185 e. The number of hydrogen-bond donors (Lipinski definition) is 0. The lowest BCUT2D eigenvalue weighted by Gasteiger charge is -2.20. The lowest BCUT2D eigenvalue weighted by molar-refractivity contribution is 0.395. The smallest absolute Gasteiger partial charge is 0.185 e. The van der Waals surface area contributed by atoms with E-state index < -0.39 is 15.1 Å². The van der Waals surface area contributed by atoms with Crippen molar-refractivity contribution in [2.75, 3.05) is 20.6 Å². The number of rotatable bonds is 6. The standard InChI is InChI=1S/C17H22N2O2S/c1-14-4-6-16(7-5-14)22(20,21)17(10-13-19(2)3)15-8-11-18-12-9-15/h4-9,11-12,17H,10,13H2,1-3H3. The Hall–Kier alpha value is -1.72. The number of benzene rings is 1. The summed E-state index contributed by atoms with van der Waals surface area (Å²) in [6.07, 6.45) is 3.83. The summed E-state index contributed by atoms with van der Waals surface area (Å²) in [5.41, 5.74) is 1.84. The first kappa shape index (κ1) is 16.6. The molecule has 0 amide bonds. The molecule has 0 saturated heterocycles. The molecule has 118 valence electrons. The maximum absolute atomic E-state index is 13.0. The van der Waals surface area contributed by atoms with E-state index in [0.717, 1.165) is 11.1 Å². The molecule has 4 nitrogen and oxygen atoms in total. The van der Waals surface area contributed by atoms with Crippen LogP contribution in [0, 0.1) is 6.92 Å². The van der Waals surface area contributed by atoms with Crippen LogP contribution in [0.2, 0.25) is 0 Å². The van der Waals surface area contributed by atoms with Gasteiger partial charge in [0.15, 0.2) is 9.84 Å². The molecule has 2 rings (SSSR count). The van der Waals surface area contributed by atoms with Crippen LogP contribution in [0.3, 0.4) is 0 Å². The van der Waals surface area contributed by atoms with Gasteiger partial charge >= 0.3 is 0 Å². The number of aromatic nitrogens is 1. The Morgan fingerprint density at radius 1 is 1.05 bits per heavy atom. The molecule has 0 fully saturated rings. The molecule has 0 aliphatic carbocycles. The van der Waals surface area contributed by atoms with Crippen LogP contribution in [-0.2, 0) is 9.84 Å². The Labute approximate surface area is 132 Å². The minimum atomic E-state index is -3.42. The fraction of sp³-hybridized carbons (Fsp3) is 0.353. The molecule has 0 aliphatic heterocycles. The number of pyridine rings is 1. The molecule has 0 spiro atoms. The van der Waals surface area contributed by atoms with E-state index in [2.05, 4.69) is 4.98 Å². The summed E-state index contributed by atoms with van der Waals surface area (Å²) >= 11 is 0. The van der Waals surface area contributed by atoms with Gasteiger partial charge in [-0.1, -0.05) is 17.7 Å². The molecule has 0 radical (unpaired) electrons. The fourth-order valence-electron chi connectivity index (χ4n) is 2.35. The molecule has 0 aliphatic rings. The van der Waals surface area contributed by atoms with E-state index in [1.54, 1.807) is 36.7 Å². The van der Waals surface area contributed by atoms with Crippen LogP contribution in [0.25, 0.3) is 0 Å². The van der Waals surface area contributed by atoms with Gasteiger partial charge in [0, 0.05) is 12.4 Å². The van der Waals surface area contributed by atoms with Crippen LogP contribution in [0.5, 0.6) is 0 Å². The molecule has 2 aromatic rings. The zero-order chi connectivity index (χ0) is 16.2. The van der Waals surface area contributed by atoms with Crippen molar-refractivity contribution in [2.45, 2.75) is 23.5 Å². The monoisotopic (exact) mass is 318 g/mol. The molecule has 1 aromatic carbocycles. The van der Waals surface area contributed by atoms with E-state index in [1.807, 2.05) is 38.1 Å². The number of aryl methyl sites for hydroxylation is 1. The van der Waals surface area contributed by atoms with Gasteiger partial charge < -0.3 is 4.90 Å². The lowest BCUT2D eigenvalue weighted by atomic mass is 10.1. The predicted octanol–water partition coefficient (Wildman–Crippen LogP) is 2.86. The Bertz CT molecular complexity index is 695. The highest BCUT2D eigenvalue weighted by Crippen LogP contribution is 2.31. The van der Waals surface area contributed by atoms with Crippen molar-refractivity contribution < 1.29 is 8.42 Å². The fourth-order valence-corrected chi connectivity index (χ4v) is 4.12. The predicted molar refractivity (Wildman–Crippen MR) is 88.5 cm³/mol. The second kappa shape index (κ2) is 7.03. The van der Waals surface area contributed by atoms with E-state index in [0.29, 0.717) is 17.9 Å². The third kappa shape index (κ3) is 3.93. The minimum Gasteiger partial charge on any atom is -0.309 e. The van der Waals surface area contributed by atoms with Gasteiger partial charge in [0.2, 0.25) is 0 Å². The van der Waals surface area contributed by atoms with Crippen LogP contribution in [0.4, 0.5) is 0 Å². The average molecular weight is 318 g/mol. The van der Waals surface area contributed by atoms with E-state index in [9.17, 15) is 8.42 Å². The number of nitrogens with zero attached hydrogens (tertiary/aromatic N) is 2. The van der Waals surface area contributed by atoms with E-state index >= 15 is 0 Å². The Kier molecular flexibility index (Phi) is 5.32. The van der Waals surface area contributed by atoms with E-state index in [4.69, 9.17) is 0 Å². The van der Waals surface area contributed by atoms with Crippen molar-refractivity contribution in [3.8, 4) is 0 Å². The van der Waals surface area contributed by atoms with Gasteiger partial charge in [-0.2, -0.15) is 0 Å². The minimum absolute atomic E-state index is 0.374. The summed E-state index contributed by atoms with van der Waals surface area (Å²) in [5, 5.41) is -0.555. The number of hydrogen-bond acceptors (Lipinski definition) is 4. The highest BCUT2D eigenvalue weighted by Gasteiger charge is 2.28. The second-order valence-corrected chi connectivity index (χ2v) is 7.85. The SMILES string of the molecule is Cc1ccc(S(=O)(=O)C(CCN(C)C)c2ccncc2)cc1. The quantitative estimate of drug-likeness (QED) is 0.822. The topological polar surface area (TPSA) is 50.3 Å². The first-order valence-corrected chi connectivity index (χ1v) is 8.81. The van der Waals surface area contributed by atoms with Gasteiger partial charge in [-0.05, 0) is 63.8 Å². The largest absolute Gasteiger partial charge is 0.309 e. The van der Waals surface area contributed by atoms with Crippen molar-refractivity contribution in [3.63, 3.8) is 0 Å². The molecule has 0 N–H and O–H groups in total. The molecule has 0 bridgehead atoms.